The fourth-order valence-corrected chi connectivity index (χ4v) is 3.90. The summed E-state index contributed by atoms with van der Waals surface area (Å²) in [7, 11) is 0. The molecule has 1 heterocycles. The number of halogens is 1. The largest absolute Gasteiger partial charge is 0.490 e. The number of barbiturate groups is 1. The van der Waals surface area contributed by atoms with Crippen LogP contribution in [0.15, 0.2) is 40.4 Å². The van der Waals surface area contributed by atoms with E-state index in [0.717, 1.165) is 16.0 Å². The minimum atomic E-state index is -0.795. The lowest BCUT2D eigenvalue weighted by Gasteiger charge is -2.27. The molecule has 0 unspecified atom stereocenters. The molecular formula is C24H21BrN2O5. The molecule has 1 aliphatic rings. The highest BCUT2D eigenvalue weighted by Crippen LogP contribution is 2.38. The van der Waals surface area contributed by atoms with E-state index in [0.29, 0.717) is 33.8 Å². The van der Waals surface area contributed by atoms with E-state index < -0.39 is 17.8 Å². The van der Waals surface area contributed by atoms with Crippen LogP contribution >= 0.6 is 15.9 Å². The molecule has 8 heteroatoms. The van der Waals surface area contributed by atoms with E-state index in [4.69, 9.17) is 15.9 Å². The van der Waals surface area contributed by atoms with Gasteiger partial charge in [-0.25, -0.2) is 9.69 Å². The van der Waals surface area contributed by atoms with Crippen molar-refractivity contribution in [3.63, 3.8) is 0 Å². The molecular weight excluding hydrogens is 476 g/mol. The average molecular weight is 497 g/mol. The fourth-order valence-electron chi connectivity index (χ4n) is 3.33. The predicted molar refractivity (Wildman–Crippen MR) is 125 cm³/mol. The van der Waals surface area contributed by atoms with Crippen molar-refractivity contribution in [3.8, 4) is 23.8 Å². The van der Waals surface area contributed by atoms with Crippen LogP contribution in [0.25, 0.3) is 6.08 Å². The molecule has 0 saturated carbocycles. The van der Waals surface area contributed by atoms with Crippen LogP contribution in [0, 0.1) is 26.2 Å². The maximum Gasteiger partial charge on any atom is 0.335 e. The maximum atomic E-state index is 13.2. The number of hydrogen-bond acceptors (Lipinski definition) is 5. The number of nitrogens with one attached hydrogen (secondary N) is 1. The van der Waals surface area contributed by atoms with Crippen LogP contribution < -0.4 is 19.7 Å². The summed E-state index contributed by atoms with van der Waals surface area (Å²) < 4.78 is 11.7. The smallest absolute Gasteiger partial charge is 0.335 e. The van der Waals surface area contributed by atoms with Crippen LogP contribution in [0.2, 0.25) is 0 Å². The van der Waals surface area contributed by atoms with Crippen molar-refractivity contribution in [2.75, 3.05) is 18.1 Å². The first-order valence-corrected chi connectivity index (χ1v) is 10.6. The van der Waals surface area contributed by atoms with E-state index in [9.17, 15) is 14.4 Å². The summed E-state index contributed by atoms with van der Waals surface area (Å²) in [6, 6.07) is 7.84. The van der Waals surface area contributed by atoms with Crippen molar-refractivity contribution >= 4 is 45.5 Å². The number of carbonyl (C=O) groups is 3. The Labute approximate surface area is 194 Å². The summed E-state index contributed by atoms with van der Waals surface area (Å²) in [5, 5.41) is 2.23. The molecule has 0 spiro atoms. The second kappa shape index (κ2) is 9.71. The SMILES string of the molecule is C#CCOc1c(Br)cc(/C=C2\C(=O)NC(=O)N(c3cc(C)cc(C)c3)C2=O)cc1OCC. The van der Waals surface area contributed by atoms with Crippen molar-refractivity contribution in [2.24, 2.45) is 0 Å². The molecule has 0 radical (unpaired) electrons. The molecule has 0 aliphatic carbocycles. The summed E-state index contributed by atoms with van der Waals surface area (Å²) in [5.74, 6) is 1.71. The van der Waals surface area contributed by atoms with Gasteiger partial charge in [-0.1, -0.05) is 12.0 Å². The molecule has 32 heavy (non-hydrogen) atoms. The Kier molecular flexibility index (Phi) is 7.01. The molecule has 0 atom stereocenters. The van der Waals surface area contributed by atoms with Gasteiger partial charge < -0.3 is 9.47 Å². The Bertz CT molecular complexity index is 1160. The highest BCUT2D eigenvalue weighted by atomic mass is 79.9. The maximum absolute atomic E-state index is 13.2. The molecule has 164 valence electrons. The number of rotatable bonds is 6. The normalized spacial score (nSPS) is 14.9. The fraction of sp³-hybridized carbons (Fsp3) is 0.208. The molecule has 2 aromatic carbocycles. The second-order valence-corrected chi connectivity index (χ2v) is 7.91. The Morgan fingerprint density at radius 2 is 1.78 bits per heavy atom. The molecule has 1 N–H and O–H groups in total. The van der Waals surface area contributed by atoms with Gasteiger partial charge in [0, 0.05) is 0 Å². The predicted octanol–water partition coefficient (Wildman–Crippen LogP) is 4.14. The Morgan fingerprint density at radius 1 is 1.09 bits per heavy atom. The van der Waals surface area contributed by atoms with Crippen LogP contribution in [0.3, 0.4) is 0 Å². The molecule has 0 aromatic heterocycles. The standard InChI is InChI=1S/C24H21BrN2O5/c1-5-7-32-21-19(25)12-16(13-20(21)31-6-2)11-18-22(28)26-24(30)27(23(18)29)17-9-14(3)8-15(4)10-17/h1,8-13H,6-7H2,2-4H3,(H,26,28,30)/b18-11+. The number of hydrogen-bond donors (Lipinski definition) is 1. The number of imide groups is 2. The molecule has 1 saturated heterocycles. The summed E-state index contributed by atoms with van der Waals surface area (Å²) >= 11 is 3.41. The van der Waals surface area contributed by atoms with Crippen LogP contribution in [0.4, 0.5) is 10.5 Å². The van der Waals surface area contributed by atoms with Crippen LogP contribution in [-0.2, 0) is 9.59 Å². The number of ether oxygens (including phenoxy) is 2. The van der Waals surface area contributed by atoms with E-state index in [1.54, 1.807) is 24.3 Å². The van der Waals surface area contributed by atoms with Gasteiger partial charge in [-0.05, 0) is 83.7 Å². The number of urea groups is 1. The highest BCUT2D eigenvalue weighted by molar-refractivity contribution is 9.10. The van der Waals surface area contributed by atoms with Gasteiger partial charge in [-0.2, -0.15) is 0 Å². The third-order valence-corrected chi connectivity index (χ3v) is 5.10. The lowest BCUT2D eigenvalue weighted by molar-refractivity contribution is -0.122. The average Bonchev–Trinajstić information content (AvgIpc) is 2.70. The zero-order valence-corrected chi connectivity index (χ0v) is 19.4. The second-order valence-electron chi connectivity index (χ2n) is 7.06. The molecule has 2 aromatic rings. The molecule has 4 amide bonds. The van der Waals surface area contributed by atoms with Crippen molar-refractivity contribution in [1.29, 1.82) is 0 Å². The first-order chi connectivity index (χ1) is 15.2. The van der Waals surface area contributed by atoms with Crippen molar-refractivity contribution < 1.29 is 23.9 Å². The zero-order chi connectivity index (χ0) is 23.4. The Hall–Kier alpha value is -3.57. The van der Waals surface area contributed by atoms with E-state index in [1.165, 1.54) is 6.08 Å². The number of anilines is 1. The molecule has 0 bridgehead atoms. The monoisotopic (exact) mass is 496 g/mol. The van der Waals surface area contributed by atoms with Gasteiger partial charge in [0.25, 0.3) is 11.8 Å². The summed E-state index contributed by atoms with van der Waals surface area (Å²) in [6.45, 7) is 5.96. The van der Waals surface area contributed by atoms with Gasteiger partial charge in [0.1, 0.15) is 12.2 Å². The number of amides is 4. The van der Waals surface area contributed by atoms with E-state index in [-0.39, 0.29) is 12.2 Å². The van der Waals surface area contributed by atoms with Gasteiger partial charge in [0.15, 0.2) is 11.5 Å². The lowest BCUT2D eigenvalue weighted by Crippen LogP contribution is -2.54. The summed E-state index contributed by atoms with van der Waals surface area (Å²) in [4.78, 5) is 39.1. The highest BCUT2D eigenvalue weighted by Gasteiger charge is 2.37. The topological polar surface area (TPSA) is 84.9 Å². The molecule has 1 fully saturated rings. The minimum Gasteiger partial charge on any atom is -0.490 e. The summed E-state index contributed by atoms with van der Waals surface area (Å²) in [6.07, 6.45) is 6.67. The van der Waals surface area contributed by atoms with Gasteiger partial charge in [0.2, 0.25) is 0 Å². The van der Waals surface area contributed by atoms with Crippen LogP contribution in [-0.4, -0.2) is 31.1 Å². The van der Waals surface area contributed by atoms with E-state index in [2.05, 4.69) is 27.2 Å². The van der Waals surface area contributed by atoms with Gasteiger partial charge in [-0.3, -0.25) is 14.9 Å². The van der Waals surface area contributed by atoms with E-state index in [1.807, 2.05) is 26.8 Å². The number of nitrogens with zero attached hydrogens (tertiary/aromatic N) is 1. The quantitative estimate of drug-likeness (QED) is 0.369. The van der Waals surface area contributed by atoms with Crippen LogP contribution in [0.5, 0.6) is 11.5 Å². The minimum absolute atomic E-state index is 0.0486. The molecule has 1 aliphatic heterocycles. The number of carbonyl (C=O) groups excluding carboxylic acids is 3. The Balaban J connectivity index is 2.04. The zero-order valence-electron chi connectivity index (χ0n) is 17.8. The van der Waals surface area contributed by atoms with Crippen molar-refractivity contribution in [2.45, 2.75) is 20.8 Å². The van der Waals surface area contributed by atoms with Crippen molar-refractivity contribution in [3.05, 3.63) is 57.1 Å². The number of benzene rings is 2. The van der Waals surface area contributed by atoms with Gasteiger partial charge >= 0.3 is 6.03 Å². The third-order valence-electron chi connectivity index (χ3n) is 4.51. The first kappa shape index (κ1) is 23.1. The number of terminal acetylenes is 1. The molecule has 7 nitrogen and oxygen atoms in total. The van der Waals surface area contributed by atoms with Gasteiger partial charge in [0.05, 0.1) is 16.8 Å². The van der Waals surface area contributed by atoms with Gasteiger partial charge in [-0.15, -0.1) is 6.42 Å². The van der Waals surface area contributed by atoms with Crippen LogP contribution in [0.1, 0.15) is 23.6 Å². The first-order valence-electron chi connectivity index (χ1n) is 9.77. The summed E-state index contributed by atoms with van der Waals surface area (Å²) in [5.41, 5.74) is 2.47. The Morgan fingerprint density at radius 3 is 2.41 bits per heavy atom. The van der Waals surface area contributed by atoms with E-state index >= 15 is 0 Å². The van der Waals surface area contributed by atoms with Crippen molar-refractivity contribution in [1.82, 2.24) is 5.32 Å². The lowest BCUT2D eigenvalue weighted by atomic mass is 10.0. The molecule has 3 rings (SSSR count). The number of aryl methyl sites for hydroxylation is 2. The third kappa shape index (κ3) is 4.84.